The van der Waals surface area contributed by atoms with Gasteiger partial charge in [-0.3, -0.25) is 4.68 Å². The molecule has 1 aromatic heterocycles. The van der Waals surface area contributed by atoms with Crippen LogP contribution in [0, 0.1) is 13.8 Å². The van der Waals surface area contributed by atoms with Crippen molar-refractivity contribution in [3.05, 3.63) is 45.7 Å². The van der Waals surface area contributed by atoms with Gasteiger partial charge in [0.05, 0.1) is 5.69 Å². The second-order valence-corrected chi connectivity index (χ2v) is 5.68. The van der Waals surface area contributed by atoms with E-state index in [1.165, 1.54) is 5.56 Å². The first kappa shape index (κ1) is 15.9. The Bertz CT molecular complexity index is 637. The van der Waals surface area contributed by atoms with Gasteiger partial charge in [0.15, 0.2) is 0 Å². The average molecular weight is 308 g/mol. The molecule has 0 fully saturated rings. The standard InChI is InChI=1S/C16H22ClN3O/c1-10-6-7-13(11(2)18-4)15(8-10)21-9-14-12(3)19-20(5)16(14)17/h6-8,11,18H,9H2,1-5H3. The van der Waals surface area contributed by atoms with E-state index in [1.54, 1.807) is 4.68 Å². The highest BCUT2D eigenvalue weighted by molar-refractivity contribution is 6.30. The third-order valence-corrected chi connectivity index (χ3v) is 4.18. The zero-order valence-electron chi connectivity index (χ0n) is 13.2. The Morgan fingerprint density at radius 1 is 1.38 bits per heavy atom. The van der Waals surface area contributed by atoms with Gasteiger partial charge in [0, 0.05) is 24.2 Å². The van der Waals surface area contributed by atoms with Crippen molar-refractivity contribution >= 4 is 11.6 Å². The molecule has 0 saturated heterocycles. The Labute approximate surface area is 131 Å². The lowest BCUT2D eigenvalue weighted by molar-refractivity contribution is 0.299. The maximum absolute atomic E-state index is 6.25. The summed E-state index contributed by atoms with van der Waals surface area (Å²) in [6.07, 6.45) is 0. The predicted molar refractivity (Wildman–Crippen MR) is 85.9 cm³/mol. The van der Waals surface area contributed by atoms with E-state index in [9.17, 15) is 0 Å². The Balaban J connectivity index is 2.25. The molecule has 0 aliphatic heterocycles. The van der Waals surface area contributed by atoms with Gasteiger partial charge in [0.25, 0.3) is 0 Å². The summed E-state index contributed by atoms with van der Waals surface area (Å²) in [4.78, 5) is 0. The molecule has 1 heterocycles. The Morgan fingerprint density at radius 2 is 2.10 bits per heavy atom. The van der Waals surface area contributed by atoms with Crippen molar-refractivity contribution in [2.24, 2.45) is 7.05 Å². The number of halogens is 1. The molecule has 1 atom stereocenters. The smallest absolute Gasteiger partial charge is 0.133 e. The Morgan fingerprint density at radius 3 is 2.67 bits per heavy atom. The van der Waals surface area contributed by atoms with E-state index >= 15 is 0 Å². The molecule has 2 aromatic rings. The van der Waals surface area contributed by atoms with Crippen molar-refractivity contribution in [3.63, 3.8) is 0 Å². The molecule has 1 N–H and O–H groups in total. The van der Waals surface area contributed by atoms with Crippen LogP contribution >= 0.6 is 11.6 Å². The van der Waals surface area contributed by atoms with Crippen LogP contribution in [0.1, 0.15) is 35.3 Å². The minimum atomic E-state index is 0.228. The van der Waals surface area contributed by atoms with Gasteiger partial charge in [-0.1, -0.05) is 23.7 Å². The fourth-order valence-corrected chi connectivity index (χ4v) is 2.50. The highest BCUT2D eigenvalue weighted by atomic mass is 35.5. The van der Waals surface area contributed by atoms with Crippen LogP contribution in [0.15, 0.2) is 18.2 Å². The summed E-state index contributed by atoms with van der Waals surface area (Å²) in [5, 5.41) is 8.18. The molecular formula is C16H22ClN3O. The van der Waals surface area contributed by atoms with Crippen molar-refractivity contribution < 1.29 is 4.74 Å². The van der Waals surface area contributed by atoms with Gasteiger partial charge in [-0.05, 0) is 39.4 Å². The Hall–Kier alpha value is -1.52. The molecule has 0 amide bonds. The van der Waals surface area contributed by atoms with Crippen molar-refractivity contribution in [1.82, 2.24) is 15.1 Å². The van der Waals surface area contributed by atoms with Crippen LogP contribution in [0.4, 0.5) is 0 Å². The van der Waals surface area contributed by atoms with E-state index in [0.29, 0.717) is 11.8 Å². The van der Waals surface area contributed by atoms with Crippen LogP contribution in [0.3, 0.4) is 0 Å². The van der Waals surface area contributed by atoms with Gasteiger partial charge in [0.2, 0.25) is 0 Å². The molecule has 0 spiro atoms. The highest BCUT2D eigenvalue weighted by Gasteiger charge is 2.14. The van der Waals surface area contributed by atoms with E-state index in [2.05, 4.69) is 42.5 Å². The third kappa shape index (κ3) is 3.39. The monoisotopic (exact) mass is 307 g/mol. The lowest BCUT2D eigenvalue weighted by atomic mass is 10.1. The van der Waals surface area contributed by atoms with E-state index < -0.39 is 0 Å². The van der Waals surface area contributed by atoms with Gasteiger partial charge < -0.3 is 10.1 Å². The number of hydrogen-bond acceptors (Lipinski definition) is 3. The summed E-state index contributed by atoms with van der Waals surface area (Å²) in [6, 6.07) is 6.48. The molecule has 1 aromatic carbocycles. The summed E-state index contributed by atoms with van der Waals surface area (Å²) in [5.74, 6) is 0.885. The van der Waals surface area contributed by atoms with Crippen molar-refractivity contribution in [3.8, 4) is 5.75 Å². The number of aromatic nitrogens is 2. The van der Waals surface area contributed by atoms with E-state index in [4.69, 9.17) is 16.3 Å². The van der Waals surface area contributed by atoms with Crippen molar-refractivity contribution in [2.45, 2.75) is 33.4 Å². The van der Waals surface area contributed by atoms with Crippen LogP contribution in [-0.2, 0) is 13.7 Å². The van der Waals surface area contributed by atoms with Crippen LogP contribution in [-0.4, -0.2) is 16.8 Å². The minimum absolute atomic E-state index is 0.228. The van der Waals surface area contributed by atoms with Crippen LogP contribution in [0.5, 0.6) is 5.75 Å². The van der Waals surface area contributed by atoms with Gasteiger partial charge in [0.1, 0.15) is 17.5 Å². The number of ether oxygens (including phenoxy) is 1. The summed E-state index contributed by atoms with van der Waals surface area (Å²) < 4.78 is 7.69. The molecule has 0 radical (unpaired) electrons. The molecule has 5 heteroatoms. The lowest BCUT2D eigenvalue weighted by Gasteiger charge is -2.17. The topological polar surface area (TPSA) is 39.1 Å². The Kier molecular flexibility index (Phi) is 4.91. The first-order valence-electron chi connectivity index (χ1n) is 7.02. The average Bonchev–Trinajstić information content (AvgIpc) is 2.69. The lowest BCUT2D eigenvalue weighted by Crippen LogP contribution is -2.14. The fraction of sp³-hybridized carbons (Fsp3) is 0.438. The molecule has 0 saturated carbocycles. The molecule has 0 aliphatic carbocycles. The van der Waals surface area contributed by atoms with Crippen molar-refractivity contribution in [2.75, 3.05) is 7.05 Å². The quantitative estimate of drug-likeness (QED) is 0.918. The number of hydrogen-bond donors (Lipinski definition) is 1. The van der Waals surface area contributed by atoms with Gasteiger partial charge >= 0.3 is 0 Å². The predicted octanol–water partition coefficient (Wildman–Crippen LogP) is 3.55. The zero-order valence-corrected chi connectivity index (χ0v) is 14.0. The molecule has 0 aliphatic rings. The molecule has 21 heavy (non-hydrogen) atoms. The summed E-state index contributed by atoms with van der Waals surface area (Å²) in [7, 11) is 3.77. The van der Waals surface area contributed by atoms with Gasteiger partial charge in [-0.2, -0.15) is 5.10 Å². The first-order chi connectivity index (χ1) is 9.93. The maximum atomic E-state index is 6.25. The van der Waals surface area contributed by atoms with Gasteiger partial charge in [-0.25, -0.2) is 0 Å². The van der Waals surface area contributed by atoms with Crippen LogP contribution < -0.4 is 10.1 Å². The van der Waals surface area contributed by atoms with Gasteiger partial charge in [-0.15, -0.1) is 0 Å². The number of nitrogens with zero attached hydrogens (tertiary/aromatic N) is 2. The summed E-state index contributed by atoms with van der Waals surface area (Å²) >= 11 is 6.25. The van der Waals surface area contributed by atoms with E-state index in [0.717, 1.165) is 22.6 Å². The number of nitrogens with one attached hydrogen (secondary N) is 1. The third-order valence-electron chi connectivity index (χ3n) is 3.71. The number of benzene rings is 1. The SMILES string of the molecule is CNC(C)c1ccc(C)cc1OCc1c(C)nn(C)c1Cl. The number of aryl methyl sites for hydroxylation is 3. The second-order valence-electron chi connectivity index (χ2n) is 5.32. The molecule has 2 rings (SSSR count). The molecule has 1 unspecified atom stereocenters. The second kappa shape index (κ2) is 6.50. The number of rotatable bonds is 5. The molecule has 114 valence electrons. The fourth-order valence-electron chi connectivity index (χ4n) is 2.27. The minimum Gasteiger partial charge on any atom is -0.488 e. The zero-order chi connectivity index (χ0) is 15.6. The normalized spacial score (nSPS) is 12.5. The molecule has 4 nitrogen and oxygen atoms in total. The molecular weight excluding hydrogens is 286 g/mol. The largest absolute Gasteiger partial charge is 0.488 e. The molecule has 0 bridgehead atoms. The summed E-state index contributed by atoms with van der Waals surface area (Å²) in [6.45, 7) is 6.53. The van der Waals surface area contributed by atoms with Crippen LogP contribution in [0.2, 0.25) is 5.15 Å². The van der Waals surface area contributed by atoms with E-state index in [1.807, 2.05) is 21.0 Å². The first-order valence-corrected chi connectivity index (χ1v) is 7.40. The summed E-state index contributed by atoms with van der Waals surface area (Å²) in [5.41, 5.74) is 4.15. The maximum Gasteiger partial charge on any atom is 0.133 e. The van der Waals surface area contributed by atoms with Crippen molar-refractivity contribution in [1.29, 1.82) is 0 Å². The van der Waals surface area contributed by atoms with Crippen LogP contribution in [0.25, 0.3) is 0 Å². The highest BCUT2D eigenvalue weighted by Crippen LogP contribution is 2.28. The van der Waals surface area contributed by atoms with E-state index in [-0.39, 0.29) is 6.04 Å².